The Bertz CT molecular complexity index is 397. The number of amides is 2. The van der Waals surface area contributed by atoms with E-state index in [9.17, 15) is 9.59 Å². The van der Waals surface area contributed by atoms with Gasteiger partial charge in [0.2, 0.25) is 11.8 Å². The molecule has 23 heavy (non-hydrogen) atoms. The van der Waals surface area contributed by atoms with Crippen molar-refractivity contribution in [2.45, 2.75) is 6.92 Å². The van der Waals surface area contributed by atoms with E-state index in [2.05, 4.69) is 22.1 Å². The number of rotatable bonds is 6. The minimum absolute atomic E-state index is 0. The van der Waals surface area contributed by atoms with Crippen molar-refractivity contribution in [3.05, 3.63) is 12.7 Å². The van der Waals surface area contributed by atoms with Gasteiger partial charge in [-0.05, 0) is 19.0 Å². The molecule has 2 aliphatic heterocycles. The summed E-state index contributed by atoms with van der Waals surface area (Å²) in [7, 11) is 0. The van der Waals surface area contributed by atoms with Crippen LogP contribution in [0.25, 0.3) is 0 Å². The minimum Gasteiger partial charge on any atom is -0.352 e. The zero-order chi connectivity index (χ0) is 15.2. The van der Waals surface area contributed by atoms with Crippen LogP contribution >= 0.6 is 24.8 Å². The lowest BCUT2D eigenvalue weighted by Gasteiger charge is -2.39. The van der Waals surface area contributed by atoms with Gasteiger partial charge in [0.1, 0.15) is 0 Å². The Kier molecular flexibility index (Phi) is 10.5. The first kappa shape index (κ1) is 22.2. The van der Waals surface area contributed by atoms with E-state index >= 15 is 0 Å². The molecule has 8 heteroatoms. The molecule has 0 bridgehead atoms. The summed E-state index contributed by atoms with van der Waals surface area (Å²) in [6.07, 6.45) is 1.67. The Morgan fingerprint density at radius 2 is 1.87 bits per heavy atom. The molecule has 2 rings (SSSR count). The first-order valence-electron chi connectivity index (χ1n) is 7.71. The zero-order valence-electron chi connectivity index (χ0n) is 13.6. The number of halogens is 2. The molecule has 0 aromatic carbocycles. The molecule has 2 aliphatic rings. The average molecular weight is 367 g/mol. The summed E-state index contributed by atoms with van der Waals surface area (Å²) in [5.41, 5.74) is 0. The molecular weight excluding hydrogens is 339 g/mol. The fourth-order valence-electron chi connectivity index (χ4n) is 2.73. The Labute approximate surface area is 150 Å². The van der Waals surface area contributed by atoms with Crippen LogP contribution in [0.3, 0.4) is 0 Å². The number of hydrogen-bond donors (Lipinski definition) is 2. The third-order valence-electron chi connectivity index (χ3n) is 4.40. The zero-order valence-corrected chi connectivity index (χ0v) is 15.3. The molecule has 0 aliphatic carbocycles. The predicted octanol–water partition coefficient (Wildman–Crippen LogP) is 0.132. The quantitative estimate of drug-likeness (QED) is 0.656. The third-order valence-corrected chi connectivity index (χ3v) is 4.40. The maximum atomic E-state index is 12.4. The highest BCUT2D eigenvalue weighted by molar-refractivity contribution is 5.85. The summed E-state index contributed by atoms with van der Waals surface area (Å²) in [6.45, 7) is 11.4. The van der Waals surface area contributed by atoms with E-state index in [0.717, 1.165) is 39.3 Å². The lowest BCUT2D eigenvalue weighted by atomic mass is 9.88. The van der Waals surface area contributed by atoms with Crippen molar-refractivity contribution in [1.82, 2.24) is 20.4 Å². The monoisotopic (exact) mass is 366 g/mol. The van der Waals surface area contributed by atoms with Crippen molar-refractivity contribution in [1.29, 1.82) is 0 Å². The van der Waals surface area contributed by atoms with Crippen LogP contribution in [0.5, 0.6) is 0 Å². The summed E-state index contributed by atoms with van der Waals surface area (Å²) >= 11 is 0. The topological polar surface area (TPSA) is 64.7 Å². The molecule has 134 valence electrons. The van der Waals surface area contributed by atoms with Crippen molar-refractivity contribution >= 4 is 36.6 Å². The van der Waals surface area contributed by atoms with Crippen molar-refractivity contribution in [3.8, 4) is 0 Å². The van der Waals surface area contributed by atoms with E-state index in [1.165, 1.54) is 0 Å². The minimum atomic E-state index is 0. The van der Waals surface area contributed by atoms with Gasteiger partial charge >= 0.3 is 0 Å². The van der Waals surface area contributed by atoms with Gasteiger partial charge in [0.15, 0.2) is 0 Å². The molecule has 0 saturated carbocycles. The summed E-state index contributed by atoms with van der Waals surface area (Å²) < 4.78 is 0. The first-order valence-corrected chi connectivity index (χ1v) is 7.71. The maximum Gasteiger partial charge on any atom is 0.234 e. The second kappa shape index (κ2) is 10.9. The summed E-state index contributed by atoms with van der Waals surface area (Å²) in [6, 6.07) is 0. The van der Waals surface area contributed by atoms with Gasteiger partial charge in [-0.2, -0.15) is 0 Å². The number of hydrogen-bond acceptors (Lipinski definition) is 4. The fraction of sp³-hybridized carbons (Fsp3) is 0.733. The summed E-state index contributed by atoms with van der Waals surface area (Å²) in [4.78, 5) is 28.1. The Hall–Kier alpha value is -0.820. The molecule has 2 saturated heterocycles. The molecule has 0 radical (unpaired) electrons. The highest BCUT2D eigenvalue weighted by Gasteiger charge is 2.32. The van der Waals surface area contributed by atoms with Gasteiger partial charge in [0.05, 0.1) is 6.54 Å². The lowest BCUT2D eigenvalue weighted by molar-refractivity contribution is -0.139. The van der Waals surface area contributed by atoms with Crippen LogP contribution in [0.1, 0.15) is 6.92 Å². The fourth-order valence-corrected chi connectivity index (χ4v) is 2.73. The van der Waals surface area contributed by atoms with Gasteiger partial charge in [-0.3, -0.25) is 14.5 Å². The van der Waals surface area contributed by atoms with Crippen LogP contribution < -0.4 is 10.6 Å². The van der Waals surface area contributed by atoms with Crippen molar-refractivity contribution in [3.63, 3.8) is 0 Å². The molecule has 2 N–H and O–H groups in total. The van der Waals surface area contributed by atoms with Gasteiger partial charge in [0.25, 0.3) is 0 Å². The van der Waals surface area contributed by atoms with Crippen LogP contribution in [0.4, 0.5) is 0 Å². The molecular formula is C15H28Cl2N4O2. The molecule has 0 aromatic heterocycles. The number of piperazine rings is 1. The van der Waals surface area contributed by atoms with E-state index in [-0.39, 0.29) is 42.5 Å². The summed E-state index contributed by atoms with van der Waals surface area (Å²) in [5, 5.41) is 5.99. The molecule has 0 aromatic rings. The van der Waals surface area contributed by atoms with E-state index < -0.39 is 0 Å². The molecule has 2 fully saturated rings. The molecule has 1 unspecified atom stereocenters. The standard InChI is InChI=1S/C15H26N4O2.2ClH/c1-3-4-17-14(20)11-18-5-7-19(8-6-18)15(21)12(2)13-9-16-10-13;;/h3,12-13,16H,1,4-11H2,2H3,(H,17,20);2*1H. The number of nitrogens with zero attached hydrogens (tertiary/aromatic N) is 2. The summed E-state index contributed by atoms with van der Waals surface area (Å²) in [5.74, 6) is 0.870. The lowest BCUT2D eigenvalue weighted by Crippen LogP contribution is -2.55. The molecule has 6 nitrogen and oxygen atoms in total. The number of nitrogens with one attached hydrogen (secondary N) is 2. The van der Waals surface area contributed by atoms with E-state index in [0.29, 0.717) is 19.0 Å². The smallest absolute Gasteiger partial charge is 0.234 e. The van der Waals surface area contributed by atoms with Crippen LogP contribution in [-0.4, -0.2) is 74.0 Å². The molecule has 1 atom stereocenters. The van der Waals surface area contributed by atoms with Gasteiger partial charge in [-0.25, -0.2) is 0 Å². The van der Waals surface area contributed by atoms with Crippen LogP contribution in [-0.2, 0) is 9.59 Å². The maximum absolute atomic E-state index is 12.4. The average Bonchev–Trinajstić information content (AvgIpc) is 2.43. The Balaban J connectivity index is 0.00000242. The van der Waals surface area contributed by atoms with Crippen LogP contribution in [0.2, 0.25) is 0 Å². The normalized spacial score (nSPS) is 19.6. The van der Waals surface area contributed by atoms with Crippen molar-refractivity contribution in [2.75, 3.05) is 52.4 Å². The van der Waals surface area contributed by atoms with Gasteiger partial charge in [-0.1, -0.05) is 13.0 Å². The van der Waals surface area contributed by atoms with Crippen molar-refractivity contribution in [2.24, 2.45) is 11.8 Å². The second-order valence-corrected chi connectivity index (χ2v) is 5.90. The van der Waals surface area contributed by atoms with Crippen LogP contribution in [0.15, 0.2) is 12.7 Å². The van der Waals surface area contributed by atoms with Gasteiger partial charge < -0.3 is 15.5 Å². The SMILES string of the molecule is C=CCNC(=O)CN1CCN(C(=O)C(C)C2CNC2)CC1.Cl.Cl. The largest absolute Gasteiger partial charge is 0.352 e. The number of carbonyl (C=O) groups excluding carboxylic acids is 2. The van der Waals surface area contributed by atoms with Crippen LogP contribution in [0, 0.1) is 11.8 Å². The van der Waals surface area contributed by atoms with E-state index in [4.69, 9.17) is 0 Å². The first-order chi connectivity index (χ1) is 10.1. The van der Waals surface area contributed by atoms with E-state index in [1.807, 2.05) is 11.8 Å². The molecule has 2 heterocycles. The highest BCUT2D eigenvalue weighted by Crippen LogP contribution is 2.19. The number of carbonyl (C=O) groups is 2. The highest BCUT2D eigenvalue weighted by atomic mass is 35.5. The van der Waals surface area contributed by atoms with E-state index in [1.54, 1.807) is 6.08 Å². The third kappa shape index (κ3) is 6.30. The molecule has 0 spiro atoms. The predicted molar refractivity (Wildman–Crippen MR) is 96.2 cm³/mol. The van der Waals surface area contributed by atoms with Crippen molar-refractivity contribution < 1.29 is 9.59 Å². The second-order valence-electron chi connectivity index (χ2n) is 5.90. The Morgan fingerprint density at radius 1 is 1.26 bits per heavy atom. The molecule has 2 amide bonds. The van der Waals surface area contributed by atoms with Gasteiger partial charge in [0, 0.05) is 38.6 Å². The van der Waals surface area contributed by atoms with Gasteiger partial charge in [-0.15, -0.1) is 31.4 Å². The Morgan fingerprint density at radius 3 is 2.35 bits per heavy atom.